The van der Waals surface area contributed by atoms with E-state index in [9.17, 15) is 14.4 Å². The summed E-state index contributed by atoms with van der Waals surface area (Å²) < 4.78 is 43.7. The third-order valence-corrected chi connectivity index (χ3v) is 12.8. The van der Waals surface area contributed by atoms with Crippen molar-refractivity contribution in [2.45, 2.75) is 133 Å². The van der Waals surface area contributed by atoms with Gasteiger partial charge in [0.05, 0.1) is 111 Å². The van der Waals surface area contributed by atoms with Crippen LogP contribution in [0.1, 0.15) is 109 Å². The van der Waals surface area contributed by atoms with Gasteiger partial charge in [-0.3, -0.25) is 34.0 Å². The lowest BCUT2D eigenvalue weighted by Gasteiger charge is -2.34. The van der Waals surface area contributed by atoms with E-state index in [0.717, 1.165) is 118 Å². The van der Waals surface area contributed by atoms with Crippen LogP contribution in [-0.2, 0) is 52.3 Å². The van der Waals surface area contributed by atoms with Gasteiger partial charge < -0.3 is 48.1 Å². The Balaban J connectivity index is 0.000000560. The number of Topliss-reactive ketones (excluding diaryl/α,β-unsaturated/α-hetero) is 2. The van der Waals surface area contributed by atoms with Gasteiger partial charge in [0.2, 0.25) is 5.91 Å². The molecule has 1 N–H and O–H groups in total. The minimum atomic E-state index is 0.0676. The first-order valence-electron chi connectivity index (χ1n) is 28.2. The van der Waals surface area contributed by atoms with Gasteiger partial charge in [0.1, 0.15) is 11.6 Å². The van der Waals surface area contributed by atoms with Crippen molar-refractivity contribution in [3.8, 4) is 0 Å². The number of ketones is 2. The fraction of sp³-hybridized carbons (Fsp3) is 0.911. The van der Waals surface area contributed by atoms with E-state index in [1.165, 1.54) is 5.57 Å². The molecule has 3 saturated heterocycles. The van der Waals surface area contributed by atoms with Crippen LogP contribution in [0.3, 0.4) is 0 Å². The zero-order valence-corrected chi connectivity index (χ0v) is 48.6. The van der Waals surface area contributed by atoms with Gasteiger partial charge in [0.15, 0.2) is 0 Å². The van der Waals surface area contributed by atoms with Crippen molar-refractivity contribution < 1.29 is 52.3 Å². The Morgan fingerprint density at radius 3 is 1.16 bits per heavy atom. The fourth-order valence-electron chi connectivity index (χ4n) is 7.70. The van der Waals surface area contributed by atoms with Crippen LogP contribution in [0.15, 0.2) is 12.2 Å². The second-order valence-electron chi connectivity index (χ2n) is 21.3. The zero-order valence-electron chi connectivity index (χ0n) is 48.6. The highest BCUT2D eigenvalue weighted by molar-refractivity contribution is 5.82. The van der Waals surface area contributed by atoms with Crippen LogP contribution >= 0.6 is 0 Å². The molecule has 17 nitrogen and oxygen atoms in total. The number of amides is 1. The zero-order chi connectivity index (χ0) is 54.2. The first-order chi connectivity index (χ1) is 34.9. The SMILES string of the molecule is C=C(CN1CCC(NC(=O)CCOCCOCCOCCOC(C)C)CC1)C(C)C.CC(C)OCCOCCN1CCN(CC(=O)C(C)C)CC1.CC(C)OCCOCCN1CCN(CCC(=O)C(C)C)CC1. The van der Waals surface area contributed by atoms with E-state index >= 15 is 0 Å². The van der Waals surface area contributed by atoms with Gasteiger partial charge in [0, 0.05) is 122 Å². The predicted molar refractivity (Wildman–Crippen MR) is 294 cm³/mol. The number of piperidine rings is 1. The van der Waals surface area contributed by atoms with Crippen molar-refractivity contribution in [3.05, 3.63) is 12.2 Å². The van der Waals surface area contributed by atoms with E-state index in [2.05, 4.69) is 50.2 Å². The van der Waals surface area contributed by atoms with Gasteiger partial charge in [-0.2, -0.15) is 0 Å². The van der Waals surface area contributed by atoms with Crippen molar-refractivity contribution >= 4 is 17.5 Å². The van der Waals surface area contributed by atoms with E-state index < -0.39 is 0 Å². The number of piperazine rings is 2. The van der Waals surface area contributed by atoms with Crippen LogP contribution in [-0.4, -0.2) is 250 Å². The molecule has 0 aromatic rings. The number of ether oxygens (including phenoxy) is 8. The summed E-state index contributed by atoms with van der Waals surface area (Å²) in [6, 6.07) is 0.273. The molecule has 0 atom stereocenters. The summed E-state index contributed by atoms with van der Waals surface area (Å²) in [5.74, 6) is 1.62. The number of likely N-dealkylation sites (tertiary alicyclic amines) is 1. The lowest BCUT2D eigenvalue weighted by Crippen LogP contribution is -2.49. The highest BCUT2D eigenvalue weighted by Crippen LogP contribution is 2.15. The van der Waals surface area contributed by atoms with Gasteiger partial charge in [0.25, 0.3) is 0 Å². The highest BCUT2D eigenvalue weighted by atomic mass is 16.6. The molecule has 1 amide bonds. The second-order valence-corrected chi connectivity index (χ2v) is 21.3. The van der Waals surface area contributed by atoms with Crippen LogP contribution in [0.25, 0.3) is 0 Å². The fourth-order valence-corrected chi connectivity index (χ4v) is 7.70. The van der Waals surface area contributed by atoms with Gasteiger partial charge in [-0.25, -0.2) is 0 Å². The van der Waals surface area contributed by atoms with Crippen LogP contribution in [0.2, 0.25) is 0 Å². The Morgan fingerprint density at radius 1 is 0.411 bits per heavy atom. The molecule has 73 heavy (non-hydrogen) atoms. The monoisotopic (exact) mass is 1040 g/mol. The topological polar surface area (TPSA) is 153 Å². The van der Waals surface area contributed by atoms with Crippen LogP contribution in [0.4, 0.5) is 0 Å². The maximum absolute atomic E-state index is 12.1. The first-order valence-corrected chi connectivity index (χ1v) is 28.2. The molecule has 3 aliphatic heterocycles. The van der Waals surface area contributed by atoms with Gasteiger partial charge >= 0.3 is 0 Å². The van der Waals surface area contributed by atoms with Gasteiger partial charge in [-0.05, 0) is 60.3 Å². The third kappa shape index (κ3) is 40.0. The van der Waals surface area contributed by atoms with Crippen LogP contribution in [0.5, 0.6) is 0 Å². The Morgan fingerprint density at radius 2 is 0.767 bits per heavy atom. The molecule has 0 radical (unpaired) electrons. The molecule has 17 heteroatoms. The summed E-state index contributed by atoms with van der Waals surface area (Å²) in [6.45, 7) is 51.2. The molecule has 3 aliphatic rings. The second kappa shape index (κ2) is 44.1. The Kier molecular flexibility index (Phi) is 41.7. The molecule has 430 valence electrons. The minimum Gasteiger partial charge on any atom is -0.379 e. The smallest absolute Gasteiger partial charge is 0.222 e. The standard InChI is InChI=1S/C23H44N2O5.C17H34N2O3.C16H32N2O3/c1-19(2)21(5)18-25-9-6-22(7-10-25)24-23(26)8-11-27-12-13-28-14-15-29-16-17-30-20(3)4;1-15(2)17(20)5-6-18-7-9-19(10-8-18)11-12-21-13-14-22-16(3)4;1-14(2)16(19)13-18-7-5-17(6-8-18)9-10-20-11-12-21-15(3)4/h19-20,22H,5-18H2,1-4H3,(H,24,26);15-16H,5-14H2,1-4H3;14-15H,5-13H2,1-4H3. The molecular weight excluding hydrogens is 933 g/mol. The summed E-state index contributed by atoms with van der Waals surface area (Å²) in [5, 5.41) is 3.13. The number of hydrogen-bond donors (Lipinski definition) is 1. The maximum Gasteiger partial charge on any atom is 0.222 e. The lowest BCUT2D eigenvalue weighted by molar-refractivity contribution is -0.124. The summed E-state index contributed by atoms with van der Waals surface area (Å²) in [4.78, 5) is 47.4. The van der Waals surface area contributed by atoms with E-state index in [1.54, 1.807) is 0 Å². The normalized spacial score (nSPS) is 16.9. The van der Waals surface area contributed by atoms with E-state index in [0.29, 0.717) is 110 Å². The molecule has 0 saturated carbocycles. The predicted octanol–water partition coefficient (Wildman–Crippen LogP) is 5.58. The van der Waals surface area contributed by atoms with Crippen molar-refractivity contribution in [3.63, 3.8) is 0 Å². The summed E-state index contributed by atoms with van der Waals surface area (Å²) in [5.41, 5.74) is 1.28. The molecule has 0 aromatic carbocycles. The van der Waals surface area contributed by atoms with E-state index in [1.807, 2.05) is 69.2 Å². The third-order valence-electron chi connectivity index (χ3n) is 12.8. The first kappa shape index (κ1) is 69.0. The molecule has 0 bridgehead atoms. The van der Waals surface area contributed by atoms with Crippen molar-refractivity contribution in [2.24, 2.45) is 17.8 Å². The molecule has 0 aromatic heterocycles. The molecule has 3 fully saturated rings. The summed E-state index contributed by atoms with van der Waals surface area (Å²) in [7, 11) is 0. The minimum absolute atomic E-state index is 0.0676. The van der Waals surface area contributed by atoms with E-state index in [4.69, 9.17) is 37.9 Å². The number of carbonyl (C=O) groups is 3. The largest absolute Gasteiger partial charge is 0.379 e. The Hall–Kier alpha value is -1.97. The summed E-state index contributed by atoms with van der Waals surface area (Å²) >= 11 is 0. The van der Waals surface area contributed by atoms with Crippen LogP contribution < -0.4 is 5.32 Å². The van der Waals surface area contributed by atoms with Crippen molar-refractivity contribution in [2.75, 3.05) is 184 Å². The van der Waals surface area contributed by atoms with Gasteiger partial charge in [-0.15, -0.1) is 0 Å². The van der Waals surface area contributed by atoms with Crippen LogP contribution in [0, 0.1) is 17.8 Å². The number of hydrogen-bond acceptors (Lipinski definition) is 16. The molecule has 0 aliphatic carbocycles. The average molecular weight is 1040 g/mol. The number of carbonyl (C=O) groups excluding carboxylic acids is 3. The lowest BCUT2D eigenvalue weighted by atomic mass is 10.0. The maximum atomic E-state index is 12.1. The van der Waals surface area contributed by atoms with Gasteiger partial charge in [-0.1, -0.05) is 53.7 Å². The Labute approximate surface area is 445 Å². The molecule has 0 spiro atoms. The van der Waals surface area contributed by atoms with Crippen molar-refractivity contribution in [1.29, 1.82) is 0 Å². The average Bonchev–Trinajstić information content (AvgIpc) is 3.34. The highest BCUT2D eigenvalue weighted by Gasteiger charge is 2.23. The molecular formula is C56H110N6O11. The summed E-state index contributed by atoms with van der Waals surface area (Å²) in [6.07, 6.45) is 3.86. The number of rotatable bonds is 38. The quantitative estimate of drug-likeness (QED) is 0.0605. The number of nitrogens with one attached hydrogen (secondary N) is 1. The molecule has 0 unspecified atom stereocenters. The Bertz CT molecular complexity index is 1370. The number of nitrogens with zero attached hydrogens (tertiary/aromatic N) is 5. The molecule has 3 rings (SSSR count). The molecule has 3 heterocycles. The van der Waals surface area contributed by atoms with Crippen molar-refractivity contribution in [1.82, 2.24) is 29.8 Å². The van der Waals surface area contributed by atoms with E-state index in [-0.39, 0.29) is 42.1 Å².